The second-order valence-corrected chi connectivity index (χ2v) is 12.1. The molecule has 3 atom stereocenters. The topological polar surface area (TPSA) is 87.2 Å². The van der Waals surface area contributed by atoms with Crippen molar-refractivity contribution in [2.45, 2.75) is 57.6 Å². The van der Waals surface area contributed by atoms with Gasteiger partial charge in [0.25, 0.3) is 0 Å². The number of aliphatic hydroxyl groups excluding tert-OH is 1. The van der Waals surface area contributed by atoms with Crippen molar-refractivity contribution in [1.29, 1.82) is 0 Å². The Kier molecular flexibility index (Phi) is 9.77. The fourth-order valence-corrected chi connectivity index (χ4v) is 5.98. The largest absolute Gasteiger partial charge is 0.487 e. The van der Waals surface area contributed by atoms with E-state index in [0.29, 0.717) is 11.5 Å². The molecule has 8 heteroatoms. The molecular formula is C29H38N2O5S. The van der Waals surface area contributed by atoms with Crippen molar-refractivity contribution in [1.82, 2.24) is 9.21 Å². The molecule has 1 N–H and O–H groups in total. The van der Waals surface area contributed by atoms with Crippen LogP contribution in [-0.4, -0.2) is 67.5 Å². The summed E-state index contributed by atoms with van der Waals surface area (Å²) in [4.78, 5) is 14.6. The van der Waals surface area contributed by atoms with E-state index in [1.165, 1.54) is 10.4 Å². The normalized spacial score (nSPS) is 20.0. The van der Waals surface area contributed by atoms with Gasteiger partial charge in [-0.15, -0.1) is 0 Å². The second-order valence-electron chi connectivity index (χ2n) is 10.2. The zero-order valence-corrected chi connectivity index (χ0v) is 23.2. The minimum atomic E-state index is -3.93. The van der Waals surface area contributed by atoms with Gasteiger partial charge >= 0.3 is 0 Å². The summed E-state index contributed by atoms with van der Waals surface area (Å²) in [5.41, 5.74) is 1.59. The van der Waals surface area contributed by atoms with Crippen LogP contribution in [0.2, 0.25) is 0 Å². The Morgan fingerprint density at radius 3 is 2.54 bits per heavy atom. The average molecular weight is 527 g/mol. The lowest BCUT2D eigenvalue weighted by Gasteiger charge is -2.37. The monoisotopic (exact) mass is 526 g/mol. The van der Waals surface area contributed by atoms with Gasteiger partial charge in [0.15, 0.2) is 0 Å². The Morgan fingerprint density at radius 2 is 1.89 bits per heavy atom. The van der Waals surface area contributed by atoms with Crippen LogP contribution in [0.5, 0.6) is 5.75 Å². The molecule has 37 heavy (non-hydrogen) atoms. The standard InChI is InChI=1S/C29H38N2O5S/c1-21(2)10-9-13-25-14-15-28-26(16-25)36-27(22(3)18-31(23(4)20-32)37(28,34)35)19-30(5)29(33)17-24-11-7-6-8-12-24/h6-8,11-12,14-16,21-23,27,32H,10,17-20H2,1-5H3/t22-,23-,27-/m0/s1. The Hall–Kier alpha value is -2.86. The number of hydrogen-bond donors (Lipinski definition) is 1. The van der Waals surface area contributed by atoms with Crippen LogP contribution < -0.4 is 4.74 Å². The van der Waals surface area contributed by atoms with Gasteiger partial charge in [-0.05, 0) is 36.6 Å². The number of nitrogens with zero attached hydrogens (tertiary/aromatic N) is 2. The summed E-state index contributed by atoms with van der Waals surface area (Å²) >= 11 is 0. The highest BCUT2D eigenvalue weighted by molar-refractivity contribution is 7.89. The number of aliphatic hydroxyl groups is 1. The number of sulfonamides is 1. The zero-order chi connectivity index (χ0) is 27.2. The van der Waals surface area contributed by atoms with Crippen LogP contribution in [0.1, 0.15) is 45.2 Å². The van der Waals surface area contributed by atoms with Crippen LogP contribution in [0, 0.1) is 23.7 Å². The average Bonchev–Trinajstić information content (AvgIpc) is 2.86. The van der Waals surface area contributed by atoms with E-state index in [0.717, 1.165) is 12.0 Å². The molecule has 0 bridgehead atoms. The van der Waals surface area contributed by atoms with Crippen molar-refractivity contribution >= 4 is 15.9 Å². The molecule has 0 aliphatic carbocycles. The van der Waals surface area contributed by atoms with Gasteiger partial charge < -0.3 is 14.7 Å². The third-order valence-electron chi connectivity index (χ3n) is 6.49. The molecule has 1 aliphatic rings. The molecule has 0 spiro atoms. The maximum Gasteiger partial charge on any atom is 0.247 e. The van der Waals surface area contributed by atoms with E-state index in [1.807, 2.05) is 37.3 Å². The number of likely N-dealkylation sites (N-methyl/N-ethyl adjacent to an activating group) is 1. The Morgan fingerprint density at radius 1 is 1.19 bits per heavy atom. The summed E-state index contributed by atoms with van der Waals surface area (Å²) in [6.45, 7) is 7.91. The predicted octanol–water partition coefficient (Wildman–Crippen LogP) is 3.55. The smallest absolute Gasteiger partial charge is 0.247 e. The van der Waals surface area contributed by atoms with Gasteiger partial charge in [-0.1, -0.05) is 62.9 Å². The molecule has 1 aliphatic heterocycles. The van der Waals surface area contributed by atoms with E-state index in [9.17, 15) is 18.3 Å². The number of carbonyl (C=O) groups is 1. The first-order valence-electron chi connectivity index (χ1n) is 12.7. The van der Waals surface area contributed by atoms with Crippen LogP contribution in [0.15, 0.2) is 53.4 Å². The molecule has 0 aromatic heterocycles. The molecule has 1 amide bonds. The fourth-order valence-electron chi connectivity index (χ4n) is 4.16. The van der Waals surface area contributed by atoms with Gasteiger partial charge in [0.2, 0.25) is 15.9 Å². The van der Waals surface area contributed by atoms with Crippen LogP contribution >= 0.6 is 0 Å². The first-order chi connectivity index (χ1) is 17.5. The van der Waals surface area contributed by atoms with E-state index in [2.05, 4.69) is 25.7 Å². The molecule has 7 nitrogen and oxygen atoms in total. The van der Waals surface area contributed by atoms with Gasteiger partial charge in [0.05, 0.1) is 19.6 Å². The van der Waals surface area contributed by atoms with E-state index in [-0.39, 0.29) is 48.6 Å². The Labute approximate surface area is 221 Å². The van der Waals surface area contributed by atoms with E-state index in [4.69, 9.17) is 4.74 Å². The number of ether oxygens (including phenoxy) is 1. The highest BCUT2D eigenvalue weighted by Crippen LogP contribution is 2.34. The molecule has 1 heterocycles. The number of amides is 1. The molecule has 2 aromatic carbocycles. The van der Waals surface area contributed by atoms with Crippen molar-refractivity contribution < 1.29 is 23.1 Å². The van der Waals surface area contributed by atoms with Gasteiger partial charge in [-0.25, -0.2) is 8.42 Å². The summed E-state index contributed by atoms with van der Waals surface area (Å²) in [6.07, 6.45) is 0.532. The first kappa shape index (κ1) is 28.7. The SMILES string of the molecule is CC(C)CC#Cc1ccc2c(c1)O[C@@H](CN(C)C(=O)Cc1ccccc1)[C@@H](C)CN([C@@H](C)CO)S2(=O)=O. The summed E-state index contributed by atoms with van der Waals surface area (Å²) in [6, 6.07) is 13.8. The number of carbonyl (C=O) groups excluding carboxylic acids is 1. The maximum absolute atomic E-state index is 13.6. The van der Waals surface area contributed by atoms with Crippen molar-refractivity contribution in [2.24, 2.45) is 11.8 Å². The molecule has 0 saturated carbocycles. The van der Waals surface area contributed by atoms with E-state index in [1.54, 1.807) is 31.0 Å². The molecule has 200 valence electrons. The third-order valence-corrected chi connectivity index (χ3v) is 8.51. The molecule has 0 fully saturated rings. The first-order valence-corrected chi connectivity index (χ1v) is 14.2. The molecule has 0 unspecified atom stereocenters. The minimum Gasteiger partial charge on any atom is -0.487 e. The van der Waals surface area contributed by atoms with E-state index < -0.39 is 22.2 Å². The van der Waals surface area contributed by atoms with Crippen LogP contribution in [0.3, 0.4) is 0 Å². The lowest BCUT2D eigenvalue weighted by atomic mass is 10.0. The number of fused-ring (bicyclic) bond motifs is 1. The van der Waals surface area contributed by atoms with Crippen LogP contribution in [-0.2, 0) is 21.2 Å². The van der Waals surface area contributed by atoms with Gasteiger partial charge in [-0.2, -0.15) is 4.31 Å². The Bertz CT molecular complexity index is 1230. The van der Waals surface area contributed by atoms with Crippen molar-refractivity contribution in [3.63, 3.8) is 0 Å². The van der Waals surface area contributed by atoms with Gasteiger partial charge in [0.1, 0.15) is 16.7 Å². The third kappa shape index (κ3) is 7.35. The fraction of sp³-hybridized carbons (Fsp3) is 0.483. The summed E-state index contributed by atoms with van der Waals surface area (Å²) in [5.74, 6) is 6.58. The number of rotatable bonds is 7. The number of hydrogen-bond acceptors (Lipinski definition) is 5. The minimum absolute atomic E-state index is 0.0392. The highest BCUT2D eigenvalue weighted by Gasteiger charge is 2.38. The lowest BCUT2D eigenvalue weighted by molar-refractivity contribution is -0.130. The van der Waals surface area contributed by atoms with Gasteiger partial charge in [-0.3, -0.25) is 4.79 Å². The summed E-state index contributed by atoms with van der Waals surface area (Å²) in [7, 11) is -2.19. The van der Waals surface area contributed by atoms with E-state index >= 15 is 0 Å². The van der Waals surface area contributed by atoms with Crippen molar-refractivity contribution in [3.8, 4) is 17.6 Å². The predicted molar refractivity (Wildman–Crippen MR) is 145 cm³/mol. The molecular weight excluding hydrogens is 488 g/mol. The zero-order valence-electron chi connectivity index (χ0n) is 22.3. The number of benzene rings is 2. The van der Waals surface area contributed by atoms with Gasteiger partial charge in [0, 0.05) is 37.5 Å². The molecule has 2 aromatic rings. The summed E-state index contributed by atoms with van der Waals surface area (Å²) in [5, 5.41) is 9.82. The lowest BCUT2D eigenvalue weighted by Crippen LogP contribution is -2.50. The maximum atomic E-state index is 13.6. The molecule has 0 saturated heterocycles. The van der Waals surface area contributed by atoms with Crippen molar-refractivity contribution in [3.05, 3.63) is 59.7 Å². The molecule has 3 rings (SSSR count). The van der Waals surface area contributed by atoms with Crippen molar-refractivity contribution in [2.75, 3.05) is 26.7 Å². The van der Waals surface area contributed by atoms with Crippen LogP contribution in [0.4, 0.5) is 0 Å². The quantitative estimate of drug-likeness (QED) is 0.558. The highest BCUT2D eigenvalue weighted by atomic mass is 32.2. The summed E-state index contributed by atoms with van der Waals surface area (Å²) < 4.78 is 34.9. The molecule has 0 radical (unpaired) electrons. The second kappa shape index (κ2) is 12.6. The Balaban J connectivity index is 1.95. The van der Waals surface area contributed by atoms with Crippen LogP contribution in [0.25, 0.3) is 0 Å².